The maximum atomic E-state index is 12.4. The number of fused-ring (bicyclic) bond motifs is 2. The van der Waals surface area contributed by atoms with Gasteiger partial charge in [0.2, 0.25) is 0 Å². The molecule has 3 aromatic rings. The fourth-order valence-corrected chi connectivity index (χ4v) is 3.11. The van der Waals surface area contributed by atoms with Crippen molar-refractivity contribution in [1.29, 1.82) is 0 Å². The molecule has 0 saturated heterocycles. The van der Waals surface area contributed by atoms with Gasteiger partial charge in [-0.05, 0) is 30.0 Å². The van der Waals surface area contributed by atoms with E-state index < -0.39 is 0 Å². The zero-order chi connectivity index (χ0) is 14.4. The average molecular weight is 298 g/mol. The molecule has 0 aliphatic heterocycles. The Hall–Kier alpha value is -2.20. The quantitative estimate of drug-likeness (QED) is 0.692. The summed E-state index contributed by atoms with van der Waals surface area (Å²) in [7, 11) is 0. The van der Waals surface area contributed by atoms with Crippen LogP contribution in [0.4, 0.5) is 0 Å². The Kier molecular flexibility index (Phi) is 2.79. The molecule has 1 aliphatic rings. The molecule has 0 saturated carbocycles. The highest BCUT2D eigenvalue weighted by Gasteiger charge is 2.28. The van der Waals surface area contributed by atoms with E-state index in [2.05, 4.69) is 10.1 Å². The van der Waals surface area contributed by atoms with Gasteiger partial charge < -0.3 is 0 Å². The first-order chi connectivity index (χ1) is 10.2. The third-order valence-corrected chi connectivity index (χ3v) is 4.19. The van der Waals surface area contributed by atoms with Gasteiger partial charge in [-0.2, -0.15) is 5.10 Å². The van der Waals surface area contributed by atoms with Crippen LogP contribution in [0.15, 0.2) is 42.7 Å². The molecular formula is C16H12ClN3O. The molecular weight excluding hydrogens is 286 g/mol. The predicted molar refractivity (Wildman–Crippen MR) is 79.8 cm³/mol. The van der Waals surface area contributed by atoms with E-state index in [1.54, 1.807) is 16.9 Å². The summed E-state index contributed by atoms with van der Waals surface area (Å²) >= 11 is 6.05. The van der Waals surface area contributed by atoms with Gasteiger partial charge in [-0.25, -0.2) is 9.50 Å². The standard InChI is InChI=1S/C16H12ClN3O/c17-12-3-1-2-10(6-12)11-7-14-13(15(21)8-11)9-20-16(19-14)4-5-18-20/h1-6,9,11H,7-8H2. The Balaban J connectivity index is 1.78. The number of nitrogens with zero attached hydrogens (tertiary/aromatic N) is 3. The summed E-state index contributed by atoms with van der Waals surface area (Å²) in [5.41, 5.74) is 3.40. The Morgan fingerprint density at radius 3 is 3.00 bits per heavy atom. The van der Waals surface area contributed by atoms with Crippen molar-refractivity contribution < 1.29 is 4.79 Å². The second-order valence-electron chi connectivity index (χ2n) is 5.32. The number of ketones is 1. The SMILES string of the molecule is O=C1CC(c2cccc(Cl)c2)Cc2nc3ccnn3cc21. The summed E-state index contributed by atoms with van der Waals surface area (Å²) in [5, 5.41) is 4.83. The lowest BCUT2D eigenvalue weighted by atomic mass is 9.82. The molecule has 0 fully saturated rings. The van der Waals surface area contributed by atoms with Crippen molar-refractivity contribution in [1.82, 2.24) is 14.6 Å². The monoisotopic (exact) mass is 297 g/mol. The summed E-state index contributed by atoms with van der Waals surface area (Å²) in [6, 6.07) is 9.56. The van der Waals surface area contributed by atoms with E-state index >= 15 is 0 Å². The number of hydrogen-bond acceptors (Lipinski definition) is 3. The molecule has 0 spiro atoms. The Morgan fingerprint density at radius 2 is 2.14 bits per heavy atom. The fourth-order valence-electron chi connectivity index (χ4n) is 2.91. The first kappa shape index (κ1) is 12.5. The molecule has 1 aromatic carbocycles. The van der Waals surface area contributed by atoms with Crippen LogP contribution in [0.3, 0.4) is 0 Å². The molecule has 0 bridgehead atoms. The normalized spacial score (nSPS) is 18.0. The van der Waals surface area contributed by atoms with Gasteiger partial charge in [0.1, 0.15) is 0 Å². The second kappa shape index (κ2) is 4.67. The highest BCUT2D eigenvalue weighted by molar-refractivity contribution is 6.30. The van der Waals surface area contributed by atoms with Crippen LogP contribution in [-0.2, 0) is 6.42 Å². The van der Waals surface area contributed by atoms with E-state index in [4.69, 9.17) is 11.6 Å². The van der Waals surface area contributed by atoms with Crippen LogP contribution < -0.4 is 0 Å². The van der Waals surface area contributed by atoms with Crippen molar-refractivity contribution in [3.8, 4) is 0 Å². The summed E-state index contributed by atoms with van der Waals surface area (Å²) in [4.78, 5) is 17.0. The number of benzene rings is 1. The minimum absolute atomic E-state index is 0.117. The lowest BCUT2D eigenvalue weighted by molar-refractivity contribution is 0.0962. The number of carbonyl (C=O) groups is 1. The molecule has 0 radical (unpaired) electrons. The van der Waals surface area contributed by atoms with E-state index in [1.807, 2.05) is 30.3 Å². The van der Waals surface area contributed by atoms with Gasteiger partial charge in [0.25, 0.3) is 0 Å². The Bertz CT molecular complexity index is 856. The van der Waals surface area contributed by atoms with Gasteiger partial charge in [0, 0.05) is 23.7 Å². The first-order valence-electron chi connectivity index (χ1n) is 6.82. The zero-order valence-corrected chi connectivity index (χ0v) is 11.9. The van der Waals surface area contributed by atoms with E-state index in [1.165, 1.54) is 0 Å². The molecule has 1 aliphatic carbocycles. The number of aromatic nitrogens is 3. The molecule has 5 heteroatoms. The molecule has 4 nitrogen and oxygen atoms in total. The predicted octanol–water partition coefficient (Wildman–Crippen LogP) is 3.30. The molecule has 4 rings (SSSR count). The zero-order valence-electron chi connectivity index (χ0n) is 11.2. The van der Waals surface area contributed by atoms with Gasteiger partial charge >= 0.3 is 0 Å². The van der Waals surface area contributed by atoms with E-state index in [-0.39, 0.29) is 11.7 Å². The number of Topliss-reactive ketones (excluding diaryl/α,β-unsaturated/α-hetero) is 1. The third-order valence-electron chi connectivity index (χ3n) is 3.95. The molecule has 1 unspecified atom stereocenters. The second-order valence-corrected chi connectivity index (χ2v) is 5.76. The number of hydrogen-bond donors (Lipinski definition) is 0. The van der Waals surface area contributed by atoms with Gasteiger partial charge in [-0.1, -0.05) is 23.7 Å². The number of rotatable bonds is 1. The highest BCUT2D eigenvalue weighted by Crippen LogP contribution is 2.32. The minimum atomic E-state index is 0.117. The maximum absolute atomic E-state index is 12.4. The maximum Gasteiger partial charge on any atom is 0.166 e. The van der Waals surface area contributed by atoms with Crippen LogP contribution in [0.25, 0.3) is 5.65 Å². The van der Waals surface area contributed by atoms with Crippen LogP contribution >= 0.6 is 11.6 Å². The molecule has 0 N–H and O–H groups in total. The van der Waals surface area contributed by atoms with Crippen LogP contribution in [0, 0.1) is 0 Å². The lowest BCUT2D eigenvalue weighted by Gasteiger charge is -2.23. The van der Waals surface area contributed by atoms with E-state index in [9.17, 15) is 4.79 Å². The summed E-state index contributed by atoms with van der Waals surface area (Å²) in [5.74, 6) is 0.257. The van der Waals surface area contributed by atoms with Crippen LogP contribution in [-0.4, -0.2) is 20.4 Å². The summed E-state index contributed by atoms with van der Waals surface area (Å²) < 4.78 is 1.65. The van der Waals surface area contributed by atoms with Gasteiger partial charge in [0.05, 0.1) is 17.5 Å². The Morgan fingerprint density at radius 1 is 1.24 bits per heavy atom. The lowest BCUT2D eigenvalue weighted by Crippen LogP contribution is -2.21. The molecule has 2 heterocycles. The molecule has 1 atom stereocenters. The fraction of sp³-hybridized carbons (Fsp3) is 0.188. The number of carbonyl (C=O) groups excluding carboxylic acids is 1. The topological polar surface area (TPSA) is 47.3 Å². The molecule has 104 valence electrons. The molecule has 0 amide bonds. The van der Waals surface area contributed by atoms with Crippen LogP contribution in [0.5, 0.6) is 0 Å². The van der Waals surface area contributed by atoms with Crippen molar-refractivity contribution in [3.63, 3.8) is 0 Å². The minimum Gasteiger partial charge on any atom is -0.294 e. The van der Waals surface area contributed by atoms with Crippen LogP contribution in [0.1, 0.15) is 34.0 Å². The van der Waals surface area contributed by atoms with Crippen molar-refractivity contribution in [2.45, 2.75) is 18.8 Å². The average Bonchev–Trinajstić information content (AvgIpc) is 2.92. The van der Waals surface area contributed by atoms with Gasteiger partial charge in [0.15, 0.2) is 11.4 Å². The van der Waals surface area contributed by atoms with Crippen molar-refractivity contribution in [3.05, 3.63) is 64.6 Å². The summed E-state index contributed by atoms with van der Waals surface area (Å²) in [6.07, 6.45) is 4.71. The van der Waals surface area contributed by atoms with Crippen molar-refractivity contribution in [2.75, 3.05) is 0 Å². The summed E-state index contributed by atoms with van der Waals surface area (Å²) in [6.45, 7) is 0. The molecule has 21 heavy (non-hydrogen) atoms. The Labute approximate surface area is 126 Å². The van der Waals surface area contributed by atoms with Crippen molar-refractivity contribution in [2.24, 2.45) is 0 Å². The van der Waals surface area contributed by atoms with Crippen molar-refractivity contribution >= 4 is 23.0 Å². The van der Waals surface area contributed by atoms with Gasteiger partial charge in [-0.15, -0.1) is 0 Å². The third kappa shape index (κ3) is 2.12. The highest BCUT2D eigenvalue weighted by atomic mass is 35.5. The van der Waals surface area contributed by atoms with Gasteiger partial charge in [-0.3, -0.25) is 4.79 Å². The first-order valence-corrected chi connectivity index (χ1v) is 7.20. The van der Waals surface area contributed by atoms with E-state index in [0.29, 0.717) is 17.0 Å². The molecule has 2 aromatic heterocycles. The smallest absolute Gasteiger partial charge is 0.166 e. The largest absolute Gasteiger partial charge is 0.294 e. The number of halogens is 1. The van der Waals surface area contributed by atoms with E-state index in [0.717, 1.165) is 23.3 Å². The van der Waals surface area contributed by atoms with Crippen LogP contribution in [0.2, 0.25) is 5.02 Å².